The summed E-state index contributed by atoms with van der Waals surface area (Å²) in [6.45, 7) is 8.11. The Hall–Kier alpha value is -3.78. The van der Waals surface area contributed by atoms with E-state index in [-0.39, 0.29) is 22.8 Å². The van der Waals surface area contributed by atoms with Crippen LogP contribution in [0.2, 0.25) is 5.02 Å². The van der Waals surface area contributed by atoms with Crippen LogP contribution in [0.25, 0.3) is 17.1 Å². The lowest BCUT2D eigenvalue weighted by atomic mass is 9.95. The van der Waals surface area contributed by atoms with Crippen LogP contribution in [0, 0.1) is 6.92 Å². The van der Waals surface area contributed by atoms with Gasteiger partial charge in [0.15, 0.2) is 0 Å². The lowest BCUT2D eigenvalue weighted by Gasteiger charge is -2.17. The molecule has 180 valence electrons. The molecule has 0 saturated carbocycles. The number of pyridine rings is 3. The highest BCUT2D eigenvalue weighted by molar-refractivity contribution is 6.31. The molecule has 9 heteroatoms. The van der Waals surface area contributed by atoms with Crippen LogP contribution in [0.4, 0.5) is 0 Å². The Morgan fingerprint density at radius 1 is 1.00 bits per heavy atom. The average Bonchev–Trinajstić information content (AvgIpc) is 2.85. The SMILES string of the molecule is COc1cccc(COc2cc(C)n(-c3ccnc(-c4ccnc(C(C)(C)C)n4)c3)c(=O)c2Cl)n1. The Balaban J connectivity index is 1.66. The van der Waals surface area contributed by atoms with Crippen molar-refractivity contribution in [2.75, 3.05) is 7.11 Å². The van der Waals surface area contributed by atoms with Gasteiger partial charge in [-0.05, 0) is 31.2 Å². The minimum atomic E-state index is -0.393. The summed E-state index contributed by atoms with van der Waals surface area (Å²) in [6, 6.07) is 12.5. The van der Waals surface area contributed by atoms with Gasteiger partial charge >= 0.3 is 0 Å². The van der Waals surface area contributed by atoms with Gasteiger partial charge in [0, 0.05) is 35.6 Å². The molecule has 0 amide bonds. The zero-order valence-corrected chi connectivity index (χ0v) is 21.0. The molecule has 0 aliphatic rings. The first kappa shape index (κ1) is 24.3. The second kappa shape index (κ2) is 9.84. The van der Waals surface area contributed by atoms with E-state index >= 15 is 0 Å². The summed E-state index contributed by atoms with van der Waals surface area (Å²) < 4.78 is 12.5. The third-order valence-electron chi connectivity index (χ3n) is 5.26. The van der Waals surface area contributed by atoms with E-state index in [0.29, 0.717) is 40.2 Å². The summed E-state index contributed by atoms with van der Waals surface area (Å²) in [4.78, 5) is 31.0. The third-order valence-corrected chi connectivity index (χ3v) is 5.60. The molecule has 0 radical (unpaired) electrons. The molecule has 0 unspecified atom stereocenters. The lowest BCUT2D eigenvalue weighted by Crippen LogP contribution is -2.22. The minimum Gasteiger partial charge on any atom is -0.485 e. The van der Waals surface area contributed by atoms with E-state index in [1.54, 1.807) is 55.9 Å². The van der Waals surface area contributed by atoms with Gasteiger partial charge < -0.3 is 9.47 Å². The maximum absolute atomic E-state index is 13.2. The molecular weight excluding hydrogens is 466 g/mol. The summed E-state index contributed by atoms with van der Waals surface area (Å²) in [5.41, 5.74) is 2.64. The molecule has 8 nitrogen and oxygen atoms in total. The van der Waals surface area contributed by atoms with Gasteiger partial charge in [0.25, 0.3) is 5.56 Å². The van der Waals surface area contributed by atoms with Crippen LogP contribution in [0.1, 0.15) is 38.0 Å². The number of nitrogens with zero attached hydrogens (tertiary/aromatic N) is 5. The standard InChI is InChI=1S/C26H26ClN5O3/c1-16-13-21(35-15-17-7-6-8-22(30-17)34-5)23(27)24(33)32(16)18-9-11-28-20(14-18)19-10-12-29-25(31-19)26(2,3)4/h6-14H,15H2,1-5H3. The Kier molecular flexibility index (Phi) is 6.84. The first-order valence-electron chi connectivity index (χ1n) is 11.0. The van der Waals surface area contributed by atoms with Crippen LogP contribution < -0.4 is 15.0 Å². The van der Waals surface area contributed by atoms with E-state index in [2.05, 4.69) is 40.7 Å². The molecule has 0 atom stereocenters. The fraction of sp³-hybridized carbons (Fsp3) is 0.269. The second-order valence-electron chi connectivity index (χ2n) is 8.98. The topological polar surface area (TPSA) is 92.0 Å². The number of halogens is 1. The molecule has 0 saturated heterocycles. The maximum atomic E-state index is 13.2. The van der Waals surface area contributed by atoms with Crippen molar-refractivity contribution in [1.29, 1.82) is 0 Å². The van der Waals surface area contributed by atoms with Gasteiger partial charge in [-0.1, -0.05) is 38.4 Å². The van der Waals surface area contributed by atoms with Crippen LogP contribution in [0.15, 0.2) is 59.7 Å². The van der Waals surface area contributed by atoms with E-state index in [9.17, 15) is 4.79 Å². The van der Waals surface area contributed by atoms with E-state index in [1.165, 1.54) is 4.57 Å². The quantitative estimate of drug-likeness (QED) is 0.377. The van der Waals surface area contributed by atoms with Crippen molar-refractivity contribution < 1.29 is 9.47 Å². The fourth-order valence-corrected chi connectivity index (χ4v) is 3.67. The molecule has 0 aliphatic heterocycles. The Bertz CT molecular complexity index is 1430. The van der Waals surface area contributed by atoms with Crippen LogP contribution in [-0.4, -0.2) is 31.6 Å². The number of hydrogen-bond acceptors (Lipinski definition) is 7. The summed E-state index contributed by atoms with van der Waals surface area (Å²) in [5, 5.41) is -0.0195. The normalized spacial score (nSPS) is 11.4. The third kappa shape index (κ3) is 5.33. The molecule has 0 spiro atoms. The molecule has 4 rings (SSSR count). The number of hydrogen-bond donors (Lipinski definition) is 0. The highest BCUT2D eigenvalue weighted by Crippen LogP contribution is 2.26. The summed E-state index contributed by atoms with van der Waals surface area (Å²) >= 11 is 6.43. The minimum absolute atomic E-state index is 0.0195. The second-order valence-corrected chi connectivity index (χ2v) is 9.36. The number of aryl methyl sites for hydroxylation is 1. The van der Waals surface area contributed by atoms with Gasteiger partial charge in [-0.3, -0.25) is 14.3 Å². The largest absolute Gasteiger partial charge is 0.485 e. The molecule has 0 aromatic carbocycles. The average molecular weight is 492 g/mol. The van der Waals surface area contributed by atoms with E-state index in [4.69, 9.17) is 21.1 Å². The van der Waals surface area contributed by atoms with E-state index in [0.717, 1.165) is 0 Å². The van der Waals surface area contributed by atoms with Gasteiger partial charge in [-0.25, -0.2) is 15.0 Å². The first-order valence-corrected chi connectivity index (χ1v) is 11.4. The van der Waals surface area contributed by atoms with Crippen LogP contribution in [-0.2, 0) is 12.0 Å². The molecule has 4 heterocycles. The molecule has 0 fully saturated rings. The van der Waals surface area contributed by atoms with Crippen molar-refractivity contribution in [3.63, 3.8) is 0 Å². The van der Waals surface area contributed by atoms with Crippen LogP contribution in [0.5, 0.6) is 11.6 Å². The molecule has 0 aliphatic carbocycles. The highest BCUT2D eigenvalue weighted by atomic mass is 35.5. The molecule has 4 aromatic rings. The monoisotopic (exact) mass is 491 g/mol. The van der Waals surface area contributed by atoms with Crippen molar-refractivity contribution in [2.45, 2.75) is 39.7 Å². The fourth-order valence-electron chi connectivity index (χ4n) is 3.47. The van der Waals surface area contributed by atoms with Crippen LogP contribution >= 0.6 is 11.6 Å². The molecule has 4 aromatic heterocycles. The highest BCUT2D eigenvalue weighted by Gasteiger charge is 2.19. The Labute approximate surface area is 208 Å². The van der Waals surface area contributed by atoms with Gasteiger partial charge in [0.05, 0.1) is 29.9 Å². The van der Waals surface area contributed by atoms with Gasteiger partial charge in [-0.2, -0.15) is 0 Å². The van der Waals surface area contributed by atoms with Gasteiger partial charge in [0.1, 0.15) is 23.2 Å². The molecule has 0 bridgehead atoms. The summed E-state index contributed by atoms with van der Waals surface area (Å²) in [7, 11) is 1.55. The predicted molar refractivity (Wildman–Crippen MR) is 134 cm³/mol. The van der Waals surface area contributed by atoms with Gasteiger partial charge in [0.2, 0.25) is 5.88 Å². The zero-order valence-electron chi connectivity index (χ0n) is 20.2. The first-order chi connectivity index (χ1) is 16.7. The van der Waals surface area contributed by atoms with E-state index in [1.807, 2.05) is 13.0 Å². The van der Waals surface area contributed by atoms with Crippen molar-refractivity contribution >= 4 is 11.6 Å². The molecule has 35 heavy (non-hydrogen) atoms. The smallest absolute Gasteiger partial charge is 0.277 e. The number of ether oxygens (including phenoxy) is 2. The molecular formula is C26H26ClN5O3. The number of methoxy groups -OCH3 is 1. The van der Waals surface area contributed by atoms with Crippen molar-refractivity contribution in [3.05, 3.63) is 87.4 Å². The van der Waals surface area contributed by atoms with Crippen LogP contribution in [0.3, 0.4) is 0 Å². The Morgan fingerprint density at radius 2 is 1.77 bits per heavy atom. The van der Waals surface area contributed by atoms with Crippen molar-refractivity contribution in [3.8, 4) is 28.7 Å². The van der Waals surface area contributed by atoms with Crippen molar-refractivity contribution in [1.82, 2.24) is 24.5 Å². The summed E-state index contributed by atoms with van der Waals surface area (Å²) in [5.74, 6) is 1.48. The molecule has 0 N–H and O–H groups in total. The van der Waals surface area contributed by atoms with E-state index < -0.39 is 5.56 Å². The Morgan fingerprint density at radius 3 is 2.51 bits per heavy atom. The predicted octanol–water partition coefficient (Wildman–Crippen LogP) is 4.93. The lowest BCUT2D eigenvalue weighted by molar-refractivity contribution is 0.297. The number of aromatic nitrogens is 5. The van der Waals surface area contributed by atoms with Gasteiger partial charge in [-0.15, -0.1) is 0 Å². The maximum Gasteiger partial charge on any atom is 0.277 e. The van der Waals surface area contributed by atoms with Crippen molar-refractivity contribution in [2.24, 2.45) is 0 Å². The zero-order chi connectivity index (χ0) is 25.2. The summed E-state index contributed by atoms with van der Waals surface area (Å²) in [6.07, 6.45) is 3.36. The number of rotatable bonds is 6.